The Hall–Kier alpha value is -1.06. The molecule has 0 bridgehead atoms. The average molecular weight is 236 g/mol. The molecule has 16 heavy (non-hydrogen) atoms. The Morgan fingerprint density at radius 3 is 3.12 bits per heavy atom. The van der Waals surface area contributed by atoms with Gasteiger partial charge in [-0.05, 0) is 38.1 Å². The van der Waals surface area contributed by atoms with Crippen LogP contribution in [0.5, 0.6) is 0 Å². The molecule has 84 valence electrons. The number of nitrogens with zero attached hydrogens (tertiary/aromatic N) is 2. The van der Waals surface area contributed by atoms with Gasteiger partial charge >= 0.3 is 0 Å². The van der Waals surface area contributed by atoms with E-state index in [-0.39, 0.29) is 0 Å². The molecule has 0 spiro atoms. The number of aromatic amines is 1. The minimum atomic E-state index is 0.489. The molecule has 1 N–H and O–H groups in total. The number of rotatable bonds is 1. The molecule has 1 aromatic heterocycles. The highest BCUT2D eigenvalue weighted by Gasteiger charge is 2.25. The van der Waals surface area contributed by atoms with Crippen LogP contribution in [0.3, 0.4) is 0 Å². The molecular weight excluding hydrogens is 222 g/mol. The zero-order chi connectivity index (χ0) is 11.1. The van der Waals surface area contributed by atoms with Gasteiger partial charge in [-0.3, -0.25) is 4.90 Å². The quantitative estimate of drug-likeness (QED) is 0.824. The third-order valence-corrected chi connectivity index (χ3v) is 3.76. The molecular formula is C12H14ClN3. The summed E-state index contributed by atoms with van der Waals surface area (Å²) in [6.45, 7) is 1.17. The van der Waals surface area contributed by atoms with Crippen LogP contribution in [0.4, 0.5) is 0 Å². The molecule has 0 amide bonds. The van der Waals surface area contributed by atoms with E-state index in [1.807, 2.05) is 6.07 Å². The largest absolute Gasteiger partial charge is 0.343 e. The lowest BCUT2D eigenvalue weighted by atomic mass is 10.0. The van der Waals surface area contributed by atoms with Crippen molar-refractivity contribution >= 4 is 22.6 Å². The minimum Gasteiger partial charge on any atom is -0.343 e. The number of fused-ring (bicyclic) bond motifs is 1. The second kappa shape index (κ2) is 3.75. The molecule has 3 nitrogen and oxygen atoms in total. The predicted octanol–water partition coefficient (Wildman–Crippen LogP) is 2.98. The summed E-state index contributed by atoms with van der Waals surface area (Å²) < 4.78 is 0. The van der Waals surface area contributed by atoms with Crippen LogP contribution in [0.15, 0.2) is 18.5 Å². The number of H-pyrrole nitrogens is 1. The lowest BCUT2D eigenvalue weighted by molar-refractivity contribution is 0.319. The first-order chi connectivity index (χ1) is 7.77. The van der Waals surface area contributed by atoms with Gasteiger partial charge in [0.2, 0.25) is 0 Å². The van der Waals surface area contributed by atoms with Crippen LogP contribution >= 0.6 is 11.6 Å². The Balaban J connectivity index is 2.16. The maximum absolute atomic E-state index is 6.13. The normalized spacial score (nSPS) is 22.0. The third-order valence-electron chi connectivity index (χ3n) is 3.44. The van der Waals surface area contributed by atoms with Crippen molar-refractivity contribution in [1.29, 1.82) is 0 Å². The van der Waals surface area contributed by atoms with Crippen LogP contribution in [0.1, 0.15) is 24.4 Å². The van der Waals surface area contributed by atoms with E-state index >= 15 is 0 Å². The van der Waals surface area contributed by atoms with Crippen LogP contribution in [-0.4, -0.2) is 28.5 Å². The Morgan fingerprint density at radius 1 is 1.50 bits per heavy atom. The van der Waals surface area contributed by atoms with Gasteiger partial charge < -0.3 is 4.98 Å². The van der Waals surface area contributed by atoms with Crippen molar-refractivity contribution < 1.29 is 0 Å². The molecule has 2 aromatic rings. The standard InChI is InChI=1S/C12H14ClN3/c1-16-6-2-3-10(16)8-4-5-9(13)12-11(8)14-7-15-12/h4-5,7,10H,2-3,6H2,1H3,(H,14,15)/t10-/m0/s1. The van der Waals surface area contributed by atoms with Gasteiger partial charge in [-0.1, -0.05) is 17.7 Å². The first-order valence-corrected chi connectivity index (χ1v) is 5.97. The van der Waals surface area contributed by atoms with Crippen molar-refractivity contribution in [2.75, 3.05) is 13.6 Å². The van der Waals surface area contributed by atoms with Crippen molar-refractivity contribution in [1.82, 2.24) is 14.9 Å². The van der Waals surface area contributed by atoms with Crippen LogP contribution in [-0.2, 0) is 0 Å². The summed E-state index contributed by atoms with van der Waals surface area (Å²) in [7, 11) is 2.17. The first kappa shape index (κ1) is 10.1. The number of hydrogen-bond acceptors (Lipinski definition) is 2. The predicted molar refractivity (Wildman–Crippen MR) is 65.7 cm³/mol. The van der Waals surface area contributed by atoms with Crippen molar-refractivity contribution in [3.05, 3.63) is 29.0 Å². The highest BCUT2D eigenvalue weighted by molar-refractivity contribution is 6.35. The van der Waals surface area contributed by atoms with E-state index < -0.39 is 0 Å². The Kier molecular flexibility index (Phi) is 2.37. The van der Waals surface area contributed by atoms with Crippen LogP contribution in [0.25, 0.3) is 11.0 Å². The fourth-order valence-electron chi connectivity index (χ4n) is 2.59. The second-order valence-electron chi connectivity index (χ2n) is 4.40. The monoisotopic (exact) mass is 235 g/mol. The lowest BCUT2D eigenvalue weighted by Crippen LogP contribution is -2.17. The van der Waals surface area contributed by atoms with Crippen LogP contribution in [0, 0.1) is 0 Å². The molecule has 0 saturated carbocycles. The fourth-order valence-corrected chi connectivity index (χ4v) is 2.80. The summed E-state index contributed by atoms with van der Waals surface area (Å²) in [5.74, 6) is 0. The summed E-state index contributed by atoms with van der Waals surface area (Å²) in [6, 6.07) is 4.56. The lowest BCUT2D eigenvalue weighted by Gasteiger charge is -2.20. The number of aromatic nitrogens is 2. The fraction of sp³-hybridized carbons (Fsp3) is 0.417. The first-order valence-electron chi connectivity index (χ1n) is 5.59. The van der Waals surface area contributed by atoms with Crippen molar-refractivity contribution in [2.45, 2.75) is 18.9 Å². The van der Waals surface area contributed by atoms with Crippen LogP contribution < -0.4 is 0 Å². The highest BCUT2D eigenvalue weighted by atomic mass is 35.5. The number of hydrogen-bond donors (Lipinski definition) is 1. The highest BCUT2D eigenvalue weighted by Crippen LogP contribution is 2.35. The SMILES string of the molecule is CN1CCC[C@H]1c1ccc(Cl)c2[nH]cnc12. The summed E-state index contributed by atoms with van der Waals surface area (Å²) in [6.07, 6.45) is 4.19. The van der Waals surface area contributed by atoms with E-state index in [4.69, 9.17) is 11.6 Å². The zero-order valence-electron chi connectivity index (χ0n) is 9.20. The minimum absolute atomic E-state index is 0.489. The van der Waals surface area contributed by atoms with Gasteiger partial charge in [0.05, 0.1) is 22.4 Å². The third kappa shape index (κ3) is 1.43. The van der Waals surface area contributed by atoms with Crippen molar-refractivity contribution in [3.63, 3.8) is 0 Å². The van der Waals surface area contributed by atoms with Gasteiger partial charge in [0.25, 0.3) is 0 Å². The maximum atomic E-state index is 6.13. The molecule has 0 radical (unpaired) electrons. The van der Waals surface area contributed by atoms with Crippen LogP contribution in [0.2, 0.25) is 5.02 Å². The topological polar surface area (TPSA) is 31.9 Å². The number of likely N-dealkylation sites (tertiary alicyclic amines) is 1. The van der Waals surface area contributed by atoms with Crippen molar-refractivity contribution in [2.24, 2.45) is 0 Å². The number of nitrogens with one attached hydrogen (secondary N) is 1. The van der Waals surface area contributed by atoms with Gasteiger partial charge in [-0.2, -0.15) is 0 Å². The summed E-state index contributed by atoms with van der Waals surface area (Å²) in [5.41, 5.74) is 3.27. The van der Waals surface area contributed by atoms with Gasteiger partial charge in [-0.15, -0.1) is 0 Å². The molecule has 0 unspecified atom stereocenters. The van der Waals surface area contributed by atoms with E-state index in [0.29, 0.717) is 6.04 Å². The van der Waals surface area contributed by atoms with E-state index in [1.54, 1.807) is 6.33 Å². The summed E-state index contributed by atoms with van der Waals surface area (Å²) in [5, 5.41) is 0.747. The molecule has 1 fully saturated rings. The summed E-state index contributed by atoms with van der Waals surface area (Å²) >= 11 is 6.13. The zero-order valence-corrected chi connectivity index (χ0v) is 9.96. The molecule has 1 aliphatic heterocycles. The average Bonchev–Trinajstić information content (AvgIpc) is 2.88. The van der Waals surface area contributed by atoms with Gasteiger partial charge in [0, 0.05) is 6.04 Å². The molecule has 3 rings (SSSR count). The van der Waals surface area contributed by atoms with E-state index in [9.17, 15) is 0 Å². The molecule has 0 aliphatic carbocycles. The van der Waals surface area contributed by atoms with E-state index in [0.717, 1.165) is 16.1 Å². The van der Waals surface area contributed by atoms with Gasteiger partial charge in [0.15, 0.2) is 0 Å². The Labute approximate surface area is 99.4 Å². The van der Waals surface area contributed by atoms with Gasteiger partial charge in [-0.25, -0.2) is 4.98 Å². The molecule has 1 saturated heterocycles. The van der Waals surface area contributed by atoms with E-state index in [2.05, 4.69) is 28.0 Å². The van der Waals surface area contributed by atoms with Gasteiger partial charge in [0.1, 0.15) is 0 Å². The molecule has 4 heteroatoms. The molecule has 1 aromatic carbocycles. The Morgan fingerprint density at radius 2 is 2.38 bits per heavy atom. The smallest absolute Gasteiger partial charge is 0.0945 e. The number of imidazole rings is 1. The molecule has 1 atom stereocenters. The second-order valence-corrected chi connectivity index (χ2v) is 4.81. The number of halogens is 1. The number of benzene rings is 1. The maximum Gasteiger partial charge on any atom is 0.0945 e. The molecule has 1 aliphatic rings. The summed E-state index contributed by atoms with van der Waals surface area (Å²) in [4.78, 5) is 9.88. The van der Waals surface area contributed by atoms with E-state index in [1.165, 1.54) is 24.9 Å². The Bertz CT molecular complexity index is 520. The van der Waals surface area contributed by atoms with Crippen molar-refractivity contribution in [3.8, 4) is 0 Å². The molecule has 2 heterocycles.